The fourth-order valence-corrected chi connectivity index (χ4v) is 5.17. The van der Waals surface area contributed by atoms with Gasteiger partial charge in [-0.2, -0.15) is 13.2 Å². The Bertz CT molecular complexity index is 1160. The van der Waals surface area contributed by atoms with Gasteiger partial charge in [0.1, 0.15) is 15.0 Å². The van der Waals surface area contributed by atoms with E-state index < -0.39 is 27.2 Å². The molecule has 0 bridgehead atoms. The van der Waals surface area contributed by atoms with Crippen molar-refractivity contribution >= 4 is 38.6 Å². The number of anilines is 1. The Morgan fingerprint density at radius 2 is 1.83 bits per heavy atom. The molecule has 3 aromatic rings. The van der Waals surface area contributed by atoms with E-state index in [1.54, 1.807) is 0 Å². The molecule has 0 aliphatic carbocycles. The first-order valence-electron chi connectivity index (χ1n) is 7.86. The molecular weight excluding hydrogens is 451 g/mol. The van der Waals surface area contributed by atoms with Crippen LogP contribution in [0.25, 0.3) is 10.6 Å². The van der Waals surface area contributed by atoms with Gasteiger partial charge in [0.05, 0.1) is 16.1 Å². The second-order valence-corrected chi connectivity index (χ2v) is 9.79. The third-order valence-corrected chi connectivity index (χ3v) is 7.68. The molecule has 2 aromatic heterocycles. The topological polar surface area (TPSA) is 106 Å². The number of alkyl halides is 3. The summed E-state index contributed by atoms with van der Waals surface area (Å²) >= 11 is 6.89. The molecule has 0 radical (unpaired) electrons. The van der Waals surface area contributed by atoms with E-state index in [4.69, 9.17) is 17.3 Å². The highest BCUT2D eigenvalue weighted by molar-refractivity contribution is 7.93. The molecule has 0 spiro atoms. The third-order valence-electron chi connectivity index (χ3n) is 4.13. The predicted octanol–water partition coefficient (Wildman–Crippen LogP) is 4.04. The zero-order chi connectivity index (χ0) is 21.6. The van der Waals surface area contributed by atoms with Gasteiger partial charge in [-0.25, -0.2) is 18.4 Å². The van der Waals surface area contributed by atoms with Crippen LogP contribution in [0.3, 0.4) is 0 Å². The van der Waals surface area contributed by atoms with Crippen molar-refractivity contribution in [2.24, 2.45) is 0 Å². The van der Waals surface area contributed by atoms with Crippen molar-refractivity contribution in [3.05, 3.63) is 53.3 Å². The number of halogens is 4. The van der Waals surface area contributed by atoms with Crippen molar-refractivity contribution in [1.29, 1.82) is 0 Å². The molecule has 0 saturated carbocycles. The molecule has 0 fully saturated rings. The van der Waals surface area contributed by atoms with E-state index in [2.05, 4.69) is 9.97 Å². The fourth-order valence-electron chi connectivity index (χ4n) is 2.33. The number of thiazole rings is 1. The normalized spacial score (nSPS) is 14.6. The summed E-state index contributed by atoms with van der Waals surface area (Å²) < 4.78 is 64.3. The van der Waals surface area contributed by atoms with E-state index in [0.29, 0.717) is 6.92 Å². The smallest absolute Gasteiger partial charge is 0.384 e. The molecule has 0 saturated heterocycles. The molecular formula is C17H13ClF3N3O3S2. The van der Waals surface area contributed by atoms with Crippen LogP contribution in [0.5, 0.6) is 0 Å². The highest BCUT2D eigenvalue weighted by atomic mass is 35.5. The maximum absolute atomic E-state index is 13.0. The second kappa shape index (κ2) is 7.24. The van der Waals surface area contributed by atoms with E-state index in [-0.39, 0.29) is 30.5 Å². The summed E-state index contributed by atoms with van der Waals surface area (Å²) in [6.07, 6.45) is -2.65. The van der Waals surface area contributed by atoms with Gasteiger partial charge in [-0.05, 0) is 30.7 Å². The van der Waals surface area contributed by atoms with Crippen LogP contribution in [0.4, 0.5) is 19.0 Å². The summed E-state index contributed by atoms with van der Waals surface area (Å²) in [7, 11) is -3.90. The van der Waals surface area contributed by atoms with Crippen molar-refractivity contribution in [3.8, 4) is 10.6 Å². The standard InChI is InChI=1S/C17H13ClF3N3O3S2/c1-16(25,17(19,20)21)9-2-4-11(12(18)6-9)15-24-8-14(28-15)29(26,27)10-3-5-13(22)23-7-10/h2-8,25H,1H3,(H2,22,23)/t16-/m1/s1. The molecule has 12 heteroatoms. The Balaban J connectivity index is 1.98. The first-order chi connectivity index (χ1) is 13.3. The highest BCUT2D eigenvalue weighted by Gasteiger charge is 2.51. The third kappa shape index (κ3) is 3.95. The number of aromatic nitrogens is 2. The summed E-state index contributed by atoms with van der Waals surface area (Å²) in [5, 5.41) is 9.85. The van der Waals surface area contributed by atoms with Crippen LogP contribution in [0.1, 0.15) is 12.5 Å². The number of hydrogen-bond acceptors (Lipinski definition) is 7. The van der Waals surface area contributed by atoms with Crippen LogP contribution < -0.4 is 5.73 Å². The number of sulfone groups is 1. The first-order valence-corrected chi connectivity index (χ1v) is 10.5. The Labute approximate surface area is 172 Å². The second-order valence-electron chi connectivity index (χ2n) is 6.17. The average Bonchev–Trinajstić information content (AvgIpc) is 3.11. The van der Waals surface area contributed by atoms with Crippen LogP contribution in [0.15, 0.2) is 51.8 Å². The van der Waals surface area contributed by atoms with Gasteiger partial charge < -0.3 is 10.8 Å². The molecule has 0 amide bonds. The number of pyridine rings is 1. The Kier molecular flexibility index (Phi) is 5.37. The quantitative estimate of drug-likeness (QED) is 0.604. The highest BCUT2D eigenvalue weighted by Crippen LogP contribution is 2.41. The Morgan fingerprint density at radius 1 is 1.14 bits per heavy atom. The number of benzene rings is 1. The fraction of sp³-hybridized carbons (Fsp3) is 0.176. The van der Waals surface area contributed by atoms with Gasteiger partial charge in [-0.15, -0.1) is 11.3 Å². The lowest BCUT2D eigenvalue weighted by molar-refractivity contribution is -0.258. The van der Waals surface area contributed by atoms with Crippen LogP contribution in [-0.4, -0.2) is 29.7 Å². The zero-order valence-electron chi connectivity index (χ0n) is 14.6. The molecule has 0 unspecified atom stereocenters. The van der Waals surface area contributed by atoms with Crippen LogP contribution >= 0.6 is 22.9 Å². The molecule has 3 N–H and O–H groups in total. The summed E-state index contributed by atoms with van der Waals surface area (Å²) in [5.74, 6) is 0.163. The number of nitrogens with two attached hydrogens (primary N) is 1. The first kappa shape index (κ1) is 21.5. The van der Waals surface area contributed by atoms with Crippen LogP contribution in [-0.2, 0) is 15.4 Å². The molecule has 0 aliphatic heterocycles. The van der Waals surface area contributed by atoms with E-state index in [0.717, 1.165) is 35.9 Å². The minimum Gasteiger partial charge on any atom is -0.384 e. The maximum Gasteiger partial charge on any atom is 0.421 e. The molecule has 2 heterocycles. The largest absolute Gasteiger partial charge is 0.421 e. The number of hydrogen-bond donors (Lipinski definition) is 2. The molecule has 3 rings (SSSR count). The number of nitrogens with zero attached hydrogens (tertiary/aromatic N) is 2. The van der Waals surface area contributed by atoms with Crippen LogP contribution in [0, 0.1) is 0 Å². The van der Waals surface area contributed by atoms with Crippen molar-refractivity contribution in [2.75, 3.05) is 5.73 Å². The Morgan fingerprint density at radius 3 is 2.38 bits per heavy atom. The minimum absolute atomic E-state index is 0.0791. The van der Waals surface area contributed by atoms with Crippen molar-refractivity contribution in [1.82, 2.24) is 9.97 Å². The van der Waals surface area contributed by atoms with Crippen molar-refractivity contribution in [2.45, 2.75) is 27.8 Å². The molecule has 29 heavy (non-hydrogen) atoms. The van der Waals surface area contributed by atoms with Crippen molar-refractivity contribution < 1.29 is 26.7 Å². The number of aliphatic hydroxyl groups is 1. The van der Waals surface area contributed by atoms with Gasteiger partial charge >= 0.3 is 6.18 Å². The lowest BCUT2D eigenvalue weighted by Gasteiger charge is -2.27. The summed E-state index contributed by atoms with van der Waals surface area (Å²) in [6.45, 7) is 0.618. The van der Waals surface area contributed by atoms with Gasteiger partial charge in [0, 0.05) is 11.8 Å². The number of nitrogen functional groups attached to an aromatic ring is 1. The average molecular weight is 464 g/mol. The van der Waals surface area contributed by atoms with Gasteiger partial charge in [0.15, 0.2) is 5.60 Å². The van der Waals surface area contributed by atoms with Gasteiger partial charge in [0.25, 0.3) is 0 Å². The Hall–Kier alpha value is -2.21. The summed E-state index contributed by atoms with van der Waals surface area (Å²) in [6, 6.07) is 5.94. The molecule has 1 atom stereocenters. The van der Waals surface area contributed by atoms with Gasteiger partial charge in [-0.3, -0.25) is 0 Å². The molecule has 1 aromatic carbocycles. The monoisotopic (exact) mass is 463 g/mol. The summed E-state index contributed by atoms with van der Waals surface area (Å²) in [5.41, 5.74) is 2.15. The molecule has 0 aliphatic rings. The predicted molar refractivity (Wildman–Crippen MR) is 102 cm³/mol. The van der Waals surface area contributed by atoms with Gasteiger partial charge in [0.2, 0.25) is 9.84 Å². The summed E-state index contributed by atoms with van der Waals surface area (Å²) in [4.78, 5) is 7.69. The zero-order valence-corrected chi connectivity index (χ0v) is 17.0. The maximum atomic E-state index is 13.0. The lowest BCUT2D eigenvalue weighted by atomic mass is 9.94. The van der Waals surface area contributed by atoms with Crippen molar-refractivity contribution in [3.63, 3.8) is 0 Å². The minimum atomic E-state index is -4.90. The SMILES string of the molecule is C[C@@](O)(c1ccc(-c2ncc(S(=O)(=O)c3ccc(N)nc3)s2)c(Cl)c1)C(F)(F)F. The lowest BCUT2D eigenvalue weighted by Crippen LogP contribution is -2.39. The van der Waals surface area contributed by atoms with Crippen LogP contribution in [0.2, 0.25) is 5.02 Å². The van der Waals surface area contributed by atoms with E-state index >= 15 is 0 Å². The van der Waals surface area contributed by atoms with E-state index in [1.807, 2.05) is 0 Å². The van der Waals surface area contributed by atoms with Gasteiger partial charge in [-0.1, -0.05) is 23.7 Å². The molecule has 154 valence electrons. The molecule has 6 nitrogen and oxygen atoms in total. The van der Waals surface area contributed by atoms with E-state index in [1.165, 1.54) is 18.2 Å². The van der Waals surface area contributed by atoms with E-state index in [9.17, 15) is 26.7 Å². The number of rotatable bonds is 4.